The van der Waals surface area contributed by atoms with Crippen LogP contribution in [0.2, 0.25) is 0 Å². The molecular weight excluding hydrogens is 340 g/mol. The van der Waals surface area contributed by atoms with Crippen LogP contribution in [-0.4, -0.2) is 5.78 Å². The summed E-state index contributed by atoms with van der Waals surface area (Å²) in [5.41, 5.74) is 6.49. The van der Waals surface area contributed by atoms with Crippen LogP contribution in [0.25, 0.3) is 5.57 Å². The van der Waals surface area contributed by atoms with E-state index in [0.29, 0.717) is 5.92 Å². The lowest BCUT2D eigenvalue weighted by Gasteiger charge is -2.34. The van der Waals surface area contributed by atoms with Crippen molar-refractivity contribution in [3.8, 4) is 0 Å². The summed E-state index contributed by atoms with van der Waals surface area (Å²) in [5.74, 6) is 0.834. The number of Topliss-reactive ketones (excluding diaryl/α,β-unsaturated/α-hetero) is 1. The highest BCUT2D eigenvalue weighted by Gasteiger charge is 2.62. The zero-order valence-corrected chi connectivity index (χ0v) is 15.5. The third-order valence-corrected chi connectivity index (χ3v) is 6.78. The molecule has 1 saturated carbocycles. The number of allylic oxidation sites excluding steroid dienone is 3. The molecule has 0 radical (unpaired) electrons. The summed E-state index contributed by atoms with van der Waals surface area (Å²) in [4.78, 5) is 14.1. The van der Waals surface area contributed by atoms with Crippen LogP contribution in [0.3, 0.4) is 0 Å². The van der Waals surface area contributed by atoms with Crippen LogP contribution in [0.4, 0.5) is 0 Å². The number of fused-ring (bicyclic) bond motifs is 7. The van der Waals surface area contributed by atoms with Gasteiger partial charge in [0.25, 0.3) is 0 Å². The summed E-state index contributed by atoms with van der Waals surface area (Å²) >= 11 is 0. The second kappa shape index (κ2) is 5.65. The summed E-state index contributed by atoms with van der Waals surface area (Å²) in [7, 11) is 0. The van der Waals surface area contributed by atoms with Gasteiger partial charge in [-0.1, -0.05) is 97.1 Å². The van der Waals surface area contributed by atoms with Crippen LogP contribution in [0.5, 0.6) is 0 Å². The molecular formula is C27H20O. The van der Waals surface area contributed by atoms with E-state index in [2.05, 4.69) is 66.7 Å². The average molecular weight is 360 g/mol. The Morgan fingerprint density at radius 3 is 2.25 bits per heavy atom. The number of ketones is 1. The van der Waals surface area contributed by atoms with Crippen LogP contribution in [0.15, 0.2) is 103 Å². The smallest absolute Gasteiger partial charge is 0.178 e. The Hall–Kier alpha value is -3.19. The first-order valence-electron chi connectivity index (χ1n) is 10.00. The van der Waals surface area contributed by atoms with Gasteiger partial charge in [-0.25, -0.2) is 0 Å². The molecule has 2 bridgehead atoms. The van der Waals surface area contributed by atoms with E-state index in [1.54, 1.807) is 0 Å². The van der Waals surface area contributed by atoms with E-state index < -0.39 is 5.41 Å². The van der Waals surface area contributed by atoms with E-state index in [9.17, 15) is 4.79 Å². The van der Waals surface area contributed by atoms with E-state index >= 15 is 0 Å². The fraction of sp³-hybridized carbons (Fsp3) is 0.148. The standard InChI is InChI=1S/C27H20O/c28-26(19-11-5-2-6-12-19)27-21-16-15-20(17-21)25(27)24(18-9-3-1-4-10-18)22-13-7-8-14-23(22)27/h1-16,20-21H,17H2/t20-,21+,27?/m0/s1. The summed E-state index contributed by atoms with van der Waals surface area (Å²) in [6.45, 7) is 0. The molecule has 1 fully saturated rings. The molecule has 134 valence electrons. The molecule has 3 aliphatic rings. The molecule has 0 aromatic heterocycles. The monoisotopic (exact) mass is 360 g/mol. The molecule has 3 atom stereocenters. The average Bonchev–Trinajstić information content (AvgIpc) is 3.44. The van der Waals surface area contributed by atoms with Crippen LogP contribution in [0, 0.1) is 11.8 Å². The van der Waals surface area contributed by atoms with Gasteiger partial charge in [0.15, 0.2) is 5.78 Å². The minimum absolute atomic E-state index is 0.238. The Balaban J connectivity index is 1.70. The second-order valence-electron chi connectivity index (χ2n) is 8.04. The molecule has 3 aromatic carbocycles. The first-order valence-corrected chi connectivity index (χ1v) is 10.00. The molecule has 0 amide bonds. The lowest BCUT2D eigenvalue weighted by Crippen LogP contribution is -2.40. The molecule has 0 saturated heterocycles. The van der Waals surface area contributed by atoms with Crippen molar-refractivity contribution in [1.82, 2.24) is 0 Å². The number of benzene rings is 3. The predicted octanol–water partition coefficient (Wildman–Crippen LogP) is 5.83. The van der Waals surface area contributed by atoms with Crippen molar-refractivity contribution >= 4 is 11.4 Å². The fourth-order valence-electron chi connectivity index (χ4n) is 5.79. The predicted molar refractivity (Wildman–Crippen MR) is 112 cm³/mol. The third kappa shape index (κ3) is 1.84. The van der Waals surface area contributed by atoms with Crippen LogP contribution in [0.1, 0.15) is 33.5 Å². The van der Waals surface area contributed by atoms with Crippen molar-refractivity contribution in [3.63, 3.8) is 0 Å². The lowest BCUT2D eigenvalue weighted by atomic mass is 9.65. The van der Waals surface area contributed by atoms with Crippen molar-refractivity contribution < 1.29 is 4.79 Å². The Labute approximate surface area is 165 Å². The Morgan fingerprint density at radius 2 is 1.46 bits per heavy atom. The van der Waals surface area contributed by atoms with E-state index in [1.807, 2.05) is 30.3 Å². The SMILES string of the molecule is O=C(c1ccccc1)C12C(=C(c3ccccc3)c3ccccc31)[C@H]1C=C[C@@H]2C1. The quantitative estimate of drug-likeness (QED) is 0.424. The van der Waals surface area contributed by atoms with E-state index in [-0.39, 0.29) is 11.7 Å². The third-order valence-electron chi connectivity index (χ3n) is 6.78. The van der Waals surface area contributed by atoms with Gasteiger partial charge < -0.3 is 0 Å². The number of carbonyl (C=O) groups is 1. The van der Waals surface area contributed by atoms with Gasteiger partial charge in [0.2, 0.25) is 0 Å². The van der Waals surface area contributed by atoms with Gasteiger partial charge in [0.1, 0.15) is 0 Å². The highest BCUT2D eigenvalue weighted by Crippen LogP contribution is 2.65. The largest absolute Gasteiger partial charge is 0.293 e. The minimum atomic E-state index is -0.553. The zero-order chi connectivity index (χ0) is 18.7. The molecule has 0 spiro atoms. The van der Waals surface area contributed by atoms with Gasteiger partial charge >= 0.3 is 0 Å². The van der Waals surface area contributed by atoms with Crippen LogP contribution >= 0.6 is 0 Å². The number of rotatable bonds is 3. The summed E-state index contributed by atoms with van der Waals surface area (Å²) in [6.07, 6.45) is 5.66. The molecule has 1 heteroatoms. The number of hydrogen-bond acceptors (Lipinski definition) is 1. The summed E-state index contributed by atoms with van der Waals surface area (Å²) in [5, 5.41) is 0. The maximum Gasteiger partial charge on any atom is 0.178 e. The van der Waals surface area contributed by atoms with Crippen LogP contribution in [-0.2, 0) is 5.41 Å². The molecule has 0 aliphatic heterocycles. The van der Waals surface area contributed by atoms with E-state index in [0.717, 1.165) is 12.0 Å². The molecule has 0 N–H and O–H groups in total. The maximum absolute atomic E-state index is 14.1. The molecule has 3 aliphatic carbocycles. The van der Waals surface area contributed by atoms with Crippen LogP contribution < -0.4 is 0 Å². The van der Waals surface area contributed by atoms with Gasteiger partial charge in [0, 0.05) is 11.5 Å². The topological polar surface area (TPSA) is 17.1 Å². The fourth-order valence-corrected chi connectivity index (χ4v) is 5.79. The van der Waals surface area contributed by atoms with Crippen molar-refractivity contribution in [2.75, 3.05) is 0 Å². The Morgan fingerprint density at radius 1 is 0.786 bits per heavy atom. The molecule has 28 heavy (non-hydrogen) atoms. The molecule has 0 heterocycles. The summed E-state index contributed by atoms with van der Waals surface area (Å²) < 4.78 is 0. The molecule has 1 nitrogen and oxygen atoms in total. The highest BCUT2D eigenvalue weighted by molar-refractivity contribution is 6.13. The van der Waals surface area contributed by atoms with Gasteiger partial charge in [0.05, 0.1) is 5.41 Å². The van der Waals surface area contributed by atoms with Crippen molar-refractivity contribution in [1.29, 1.82) is 0 Å². The summed E-state index contributed by atoms with van der Waals surface area (Å²) in [6, 6.07) is 29.0. The van der Waals surface area contributed by atoms with Gasteiger partial charge in [-0.05, 0) is 40.2 Å². The first-order chi connectivity index (χ1) is 13.8. The maximum atomic E-state index is 14.1. The lowest BCUT2D eigenvalue weighted by molar-refractivity contribution is 0.0892. The van der Waals surface area contributed by atoms with Crippen molar-refractivity contribution in [2.24, 2.45) is 11.8 Å². The molecule has 6 rings (SSSR count). The Kier molecular flexibility index (Phi) is 3.20. The normalized spacial score (nSPS) is 26.4. The van der Waals surface area contributed by atoms with Crippen molar-refractivity contribution in [3.05, 3.63) is 125 Å². The van der Waals surface area contributed by atoms with E-state index in [4.69, 9.17) is 0 Å². The first kappa shape index (κ1) is 15.8. The molecule has 3 aromatic rings. The number of hydrogen-bond donors (Lipinski definition) is 0. The second-order valence-corrected chi connectivity index (χ2v) is 8.04. The van der Waals surface area contributed by atoms with Gasteiger partial charge in [-0.2, -0.15) is 0 Å². The number of carbonyl (C=O) groups excluding carboxylic acids is 1. The van der Waals surface area contributed by atoms with Crippen molar-refractivity contribution in [2.45, 2.75) is 11.8 Å². The van der Waals surface area contributed by atoms with E-state index in [1.165, 1.54) is 27.8 Å². The van der Waals surface area contributed by atoms with Gasteiger partial charge in [-0.15, -0.1) is 0 Å². The Bertz CT molecular complexity index is 1150. The van der Waals surface area contributed by atoms with Gasteiger partial charge in [-0.3, -0.25) is 4.79 Å². The molecule has 1 unspecified atom stereocenters. The minimum Gasteiger partial charge on any atom is -0.293 e. The highest BCUT2D eigenvalue weighted by atomic mass is 16.1. The zero-order valence-electron chi connectivity index (χ0n) is 15.5.